The van der Waals surface area contributed by atoms with Crippen molar-refractivity contribution in [3.63, 3.8) is 0 Å². The van der Waals surface area contributed by atoms with Crippen molar-refractivity contribution in [3.05, 3.63) is 30.1 Å². The van der Waals surface area contributed by atoms with Gasteiger partial charge in [0.25, 0.3) is 0 Å². The summed E-state index contributed by atoms with van der Waals surface area (Å²) in [5.41, 5.74) is 1.13. The quantitative estimate of drug-likeness (QED) is 0.848. The van der Waals surface area contributed by atoms with Gasteiger partial charge in [-0.25, -0.2) is 0 Å². The Kier molecular flexibility index (Phi) is 4.09. The molecule has 0 bridgehead atoms. The highest BCUT2D eigenvalue weighted by molar-refractivity contribution is 5.76. The summed E-state index contributed by atoms with van der Waals surface area (Å²) >= 11 is 0. The van der Waals surface area contributed by atoms with E-state index in [1.54, 1.807) is 17.3 Å². The van der Waals surface area contributed by atoms with Crippen LogP contribution in [0.1, 0.15) is 24.8 Å². The Bertz CT molecular complexity index is 367. The Balaban J connectivity index is 1.81. The zero-order valence-corrected chi connectivity index (χ0v) is 9.88. The number of nitrogens with zero attached hydrogens (tertiary/aromatic N) is 2. The molecule has 1 fully saturated rings. The Labute approximate surface area is 101 Å². The van der Waals surface area contributed by atoms with Crippen LogP contribution in [0.5, 0.6) is 0 Å². The standard InChI is InChI=1S/C13H18N2O2/c16-12-2-1-9-15(10-12)13(17)4-3-11-5-7-14-8-6-11/h5-8,12,16H,1-4,9-10H2. The number of aromatic nitrogens is 1. The minimum Gasteiger partial charge on any atom is -0.391 e. The highest BCUT2D eigenvalue weighted by Gasteiger charge is 2.21. The first-order valence-corrected chi connectivity index (χ1v) is 6.10. The number of β-amino-alcohol motifs (C(OH)–C–C–N with tert-alkyl or cyclic N) is 1. The van der Waals surface area contributed by atoms with Gasteiger partial charge in [0.2, 0.25) is 5.91 Å². The summed E-state index contributed by atoms with van der Waals surface area (Å²) in [6.45, 7) is 1.28. The number of carbonyl (C=O) groups excluding carboxylic acids is 1. The second kappa shape index (κ2) is 5.77. The van der Waals surface area contributed by atoms with Crippen LogP contribution in [0.15, 0.2) is 24.5 Å². The van der Waals surface area contributed by atoms with Crippen molar-refractivity contribution in [2.45, 2.75) is 31.8 Å². The fourth-order valence-corrected chi connectivity index (χ4v) is 2.14. The van der Waals surface area contributed by atoms with Crippen molar-refractivity contribution in [1.29, 1.82) is 0 Å². The molecule has 0 radical (unpaired) electrons. The second-order valence-electron chi connectivity index (χ2n) is 4.49. The smallest absolute Gasteiger partial charge is 0.222 e. The minimum absolute atomic E-state index is 0.139. The molecule has 92 valence electrons. The number of hydrogen-bond acceptors (Lipinski definition) is 3. The third-order valence-electron chi connectivity index (χ3n) is 3.13. The molecule has 0 aromatic carbocycles. The maximum atomic E-state index is 11.9. The number of piperidine rings is 1. The van der Waals surface area contributed by atoms with Crippen LogP contribution in [0.4, 0.5) is 0 Å². The zero-order chi connectivity index (χ0) is 12.1. The normalized spacial score (nSPS) is 20.3. The molecule has 4 heteroatoms. The molecule has 4 nitrogen and oxygen atoms in total. The lowest BCUT2D eigenvalue weighted by molar-refractivity contribution is -0.134. The maximum absolute atomic E-state index is 11.9. The van der Waals surface area contributed by atoms with Gasteiger partial charge < -0.3 is 10.0 Å². The largest absolute Gasteiger partial charge is 0.391 e. The molecule has 1 saturated heterocycles. The Morgan fingerprint density at radius 1 is 1.47 bits per heavy atom. The summed E-state index contributed by atoms with van der Waals surface area (Å²) in [7, 11) is 0. The van der Waals surface area contributed by atoms with E-state index in [1.807, 2.05) is 12.1 Å². The summed E-state index contributed by atoms with van der Waals surface area (Å²) in [5.74, 6) is 0.139. The molecule has 1 unspecified atom stereocenters. The Morgan fingerprint density at radius 3 is 2.94 bits per heavy atom. The highest BCUT2D eigenvalue weighted by Crippen LogP contribution is 2.12. The molecule has 1 aromatic rings. The van der Waals surface area contributed by atoms with Gasteiger partial charge in [0.15, 0.2) is 0 Å². The number of hydrogen-bond donors (Lipinski definition) is 1. The third kappa shape index (κ3) is 3.53. The van der Waals surface area contributed by atoms with Gasteiger partial charge in [0.1, 0.15) is 0 Å². The number of carbonyl (C=O) groups is 1. The van der Waals surface area contributed by atoms with Gasteiger partial charge in [-0.2, -0.15) is 0 Å². The van der Waals surface area contributed by atoms with Crippen LogP contribution in [0.3, 0.4) is 0 Å². The van der Waals surface area contributed by atoms with Crippen LogP contribution in [0.25, 0.3) is 0 Å². The van der Waals surface area contributed by atoms with Crippen molar-refractivity contribution >= 4 is 5.91 Å². The molecule has 1 aromatic heterocycles. The molecular formula is C13H18N2O2. The highest BCUT2D eigenvalue weighted by atomic mass is 16.3. The molecule has 0 spiro atoms. The second-order valence-corrected chi connectivity index (χ2v) is 4.49. The van der Waals surface area contributed by atoms with E-state index >= 15 is 0 Å². The fourth-order valence-electron chi connectivity index (χ4n) is 2.14. The summed E-state index contributed by atoms with van der Waals surface area (Å²) in [4.78, 5) is 17.6. The van der Waals surface area contributed by atoms with E-state index < -0.39 is 0 Å². The van der Waals surface area contributed by atoms with E-state index in [1.165, 1.54) is 0 Å². The van der Waals surface area contributed by atoms with Gasteiger partial charge in [-0.15, -0.1) is 0 Å². The summed E-state index contributed by atoms with van der Waals surface area (Å²) in [6.07, 6.45) is 6.12. The number of pyridine rings is 1. The molecule has 1 atom stereocenters. The number of rotatable bonds is 3. The molecule has 0 aliphatic carbocycles. The van der Waals surface area contributed by atoms with Crippen LogP contribution in [-0.4, -0.2) is 40.1 Å². The summed E-state index contributed by atoms with van der Waals surface area (Å²) in [5, 5.41) is 9.51. The number of aliphatic hydroxyl groups is 1. The lowest BCUT2D eigenvalue weighted by Gasteiger charge is -2.30. The van der Waals surface area contributed by atoms with Crippen molar-refractivity contribution in [1.82, 2.24) is 9.88 Å². The van der Waals surface area contributed by atoms with Crippen molar-refractivity contribution in [2.24, 2.45) is 0 Å². The average molecular weight is 234 g/mol. The van der Waals surface area contributed by atoms with Crippen LogP contribution >= 0.6 is 0 Å². The predicted molar refractivity (Wildman–Crippen MR) is 64.4 cm³/mol. The van der Waals surface area contributed by atoms with Gasteiger partial charge in [-0.3, -0.25) is 9.78 Å². The monoisotopic (exact) mass is 234 g/mol. The van der Waals surface area contributed by atoms with E-state index in [2.05, 4.69) is 4.98 Å². The van der Waals surface area contributed by atoms with Crippen LogP contribution in [-0.2, 0) is 11.2 Å². The van der Waals surface area contributed by atoms with Gasteiger partial charge in [0.05, 0.1) is 6.10 Å². The van der Waals surface area contributed by atoms with Gasteiger partial charge in [0, 0.05) is 31.9 Å². The first-order valence-electron chi connectivity index (χ1n) is 6.10. The average Bonchev–Trinajstić information content (AvgIpc) is 2.37. The lowest BCUT2D eigenvalue weighted by Crippen LogP contribution is -2.42. The SMILES string of the molecule is O=C(CCc1ccncc1)N1CCCC(O)C1. The van der Waals surface area contributed by atoms with Crippen molar-refractivity contribution in [3.8, 4) is 0 Å². The van der Waals surface area contributed by atoms with E-state index in [-0.39, 0.29) is 12.0 Å². The van der Waals surface area contributed by atoms with E-state index in [0.29, 0.717) is 13.0 Å². The molecular weight excluding hydrogens is 216 g/mol. The summed E-state index contributed by atoms with van der Waals surface area (Å²) in [6, 6.07) is 3.86. The van der Waals surface area contributed by atoms with E-state index in [0.717, 1.165) is 31.4 Å². The Hall–Kier alpha value is -1.42. The lowest BCUT2D eigenvalue weighted by atomic mass is 10.1. The van der Waals surface area contributed by atoms with Gasteiger partial charge in [-0.1, -0.05) is 0 Å². The van der Waals surface area contributed by atoms with Crippen LogP contribution in [0, 0.1) is 0 Å². The van der Waals surface area contributed by atoms with Gasteiger partial charge >= 0.3 is 0 Å². The van der Waals surface area contributed by atoms with Crippen molar-refractivity contribution < 1.29 is 9.90 Å². The number of aliphatic hydroxyl groups excluding tert-OH is 1. The molecule has 2 rings (SSSR count). The van der Waals surface area contributed by atoms with E-state index in [9.17, 15) is 9.90 Å². The third-order valence-corrected chi connectivity index (χ3v) is 3.13. The number of likely N-dealkylation sites (tertiary alicyclic amines) is 1. The molecule has 1 aliphatic heterocycles. The van der Waals surface area contributed by atoms with Crippen LogP contribution in [0.2, 0.25) is 0 Å². The summed E-state index contributed by atoms with van der Waals surface area (Å²) < 4.78 is 0. The van der Waals surface area contributed by atoms with Gasteiger partial charge in [-0.05, 0) is 37.0 Å². The maximum Gasteiger partial charge on any atom is 0.222 e. The zero-order valence-electron chi connectivity index (χ0n) is 9.88. The Morgan fingerprint density at radius 2 is 2.24 bits per heavy atom. The first kappa shape index (κ1) is 12.0. The fraction of sp³-hybridized carbons (Fsp3) is 0.538. The molecule has 17 heavy (non-hydrogen) atoms. The van der Waals surface area contributed by atoms with Crippen LogP contribution < -0.4 is 0 Å². The minimum atomic E-state index is -0.339. The number of aryl methyl sites for hydroxylation is 1. The predicted octanol–water partition coefficient (Wildman–Crippen LogP) is 0.997. The first-order chi connectivity index (χ1) is 8.25. The molecule has 0 saturated carbocycles. The molecule has 1 aliphatic rings. The van der Waals surface area contributed by atoms with E-state index in [4.69, 9.17) is 0 Å². The van der Waals surface area contributed by atoms with Crippen molar-refractivity contribution in [2.75, 3.05) is 13.1 Å². The molecule has 1 N–H and O–H groups in total. The molecule has 1 amide bonds. The topological polar surface area (TPSA) is 53.4 Å². The molecule has 2 heterocycles. The number of amides is 1.